The molecule has 0 saturated heterocycles. The van der Waals surface area contributed by atoms with E-state index in [1.54, 1.807) is 7.05 Å². The number of nitrogens with one attached hydrogen (secondary N) is 3. The van der Waals surface area contributed by atoms with Crippen LogP contribution in [0.3, 0.4) is 0 Å². The van der Waals surface area contributed by atoms with Crippen molar-refractivity contribution in [3.05, 3.63) is 35.5 Å². The van der Waals surface area contributed by atoms with Gasteiger partial charge < -0.3 is 15.6 Å². The van der Waals surface area contributed by atoms with Crippen molar-refractivity contribution in [2.24, 2.45) is 4.99 Å². The molecular formula is C16H25IN4. The van der Waals surface area contributed by atoms with Crippen molar-refractivity contribution in [3.63, 3.8) is 0 Å². The molecule has 0 aliphatic carbocycles. The molecule has 0 fully saturated rings. The monoisotopic (exact) mass is 400 g/mol. The Morgan fingerprint density at radius 2 is 2.00 bits per heavy atom. The number of halogens is 1. The highest BCUT2D eigenvalue weighted by Gasteiger charge is 2.06. The lowest BCUT2D eigenvalue weighted by molar-refractivity contribution is 0.775. The van der Waals surface area contributed by atoms with E-state index >= 15 is 0 Å². The van der Waals surface area contributed by atoms with Crippen molar-refractivity contribution in [1.29, 1.82) is 0 Å². The largest absolute Gasteiger partial charge is 0.361 e. The van der Waals surface area contributed by atoms with Gasteiger partial charge in [0.25, 0.3) is 0 Å². The van der Waals surface area contributed by atoms with Crippen molar-refractivity contribution in [2.75, 3.05) is 20.1 Å². The van der Waals surface area contributed by atoms with Gasteiger partial charge in [-0.25, -0.2) is 0 Å². The number of H-pyrrole nitrogens is 1. The fourth-order valence-electron chi connectivity index (χ4n) is 2.43. The number of fused-ring (bicyclic) bond motifs is 1. The standard InChI is InChI=1S/C16H24N4.HI/c1-4-9-18-16(17-3)19-10-8-13-11-20-14-7-5-6-12(2)15(13)14;/h5-7,11,20H,4,8-10H2,1-3H3,(H2,17,18,19);1H. The fraction of sp³-hybridized carbons (Fsp3) is 0.438. The molecule has 1 aromatic heterocycles. The molecule has 0 spiro atoms. The molecule has 0 radical (unpaired) electrons. The molecule has 2 rings (SSSR count). The Morgan fingerprint density at radius 1 is 1.24 bits per heavy atom. The van der Waals surface area contributed by atoms with Crippen LogP contribution in [-0.2, 0) is 6.42 Å². The van der Waals surface area contributed by atoms with Crippen LogP contribution in [0.25, 0.3) is 10.9 Å². The maximum absolute atomic E-state index is 4.21. The highest BCUT2D eigenvalue weighted by atomic mass is 127. The summed E-state index contributed by atoms with van der Waals surface area (Å²) in [7, 11) is 1.81. The zero-order valence-electron chi connectivity index (χ0n) is 13.0. The van der Waals surface area contributed by atoms with Crippen LogP contribution in [-0.4, -0.2) is 31.1 Å². The van der Waals surface area contributed by atoms with Gasteiger partial charge >= 0.3 is 0 Å². The zero-order valence-corrected chi connectivity index (χ0v) is 15.3. The summed E-state index contributed by atoms with van der Waals surface area (Å²) in [5.74, 6) is 0.878. The van der Waals surface area contributed by atoms with Crippen LogP contribution < -0.4 is 10.6 Å². The van der Waals surface area contributed by atoms with Crippen molar-refractivity contribution in [3.8, 4) is 0 Å². The number of rotatable bonds is 5. The molecule has 0 unspecified atom stereocenters. The summed E-state index contributed by atoms with van der Waals surface area (Å²) < 4.78 is 0. The first-order chi connectivity index (χ1) is 9.76. The first-order valence-corrected chi connectivity index (χ1v) is 7.26. The predicted molar refractivity (Wildman–Crippen MR) is 102 cm³/mol. The normalized spacial score (nSPS) is 11.3. The Bertz CT molecular complexity index is 589. The number of benzene rings is 1. The number of hydrogen-bond acceptors (Lipinski definition) is 1. The van der Waals surface area contributed by atoms with Crippen LogP contribution >= 0.6 is 24.0 Å². The van der Waals surface area contributed by atoms with Crippen molar-refractivity contribution >= 4 is 40.8 Å². The molecule has 0 saturated carbocycles. The molecule has 21 heavy (non-hydrogen) atoms. The second-order valence-electron chi connectivity index (χ2n) is 4.99. The number of hydrogen-bond donors (Lipinski definition) is 3. The lowest BCUT2D eigenvalue weighted by atomic mass is 10.1. The fourth-order valence-corrected chi connectivity index (χ4v) is 2.43. The Kier molecular flexibility index (Phi) is 7.56. The van der Waals surface area contributed by atoms with Gasteiger partial charge in [-0.3, -0.25) is 4.99 Å². The Balaban J connectivity index is 0.00000220. The van der Waals surface area contributed by atoms with Gasteiger partial charge in [0.1, 0.15) is 0 Å². The molecule has 1 heterocycles. The minimum atomic E-state index is 0. The number of nitrogens with zero attached hydrogens (tertiary/aromatic N) is 1. The van der Waals surface area contributed by atoms with E-state index in [-0.39, 0.29) is 24.0 Å². The summed E-state index contributed by atoms with van der Waals surface area (Å²) in [5, 5.41) is 7.98. The molecule has 0 aliphatic rings. The molecular weight excluding hydrogens is 375 g/mol. The van der Waals surface area contributed by atoms with Gasteiger partial charge in [-0.15, -0.1) is 24.0 Å². The first-order valence-electron chi connectivity index (χ1n) is 7.26. The van der Waals surface area contributed by atoms with Crippen molar-refractivity contribution in [1.82, 2.24) is 15.6 Å². The van der Waals surface area contributed by atoms with Crippen LogP contribution in [0.5, 0.6) is 0 Å². The second kappa shape index (κ2) is 8.92. The van der Waals surface area contributed by atoms with Gasteiger partial charge in [0.2, 0.25) is 0 Å². The maximum atomic E-state index is 4.21. The SMILES string of the molecule is CCCNC(=NC)NCCc1c[nH]c2cccc(C)c12.I. The second-order valence-corrected chi connectivity index (χ2v) is 4.99. The quantitative estimate of drug-likeness (QED) is 0.410. The maximum Gasteiger partial charge on any atom is 0.190 e. The topological polar surface area (TPSA) is 52.2 Å². The number of guanidine groups is 1. The molecule has 3 N–H and O–H groups in total. The van der Waals surface area contributed by atoms with Crippen LogP contribution in [0.15, 0.2) is 29.4 Å². The molecule has 5 heteroatoms. The summed E-state index contributed by atoms with van der Waals surface area (Å²) in [5.41, 5.74) is 3.90. The Hall–Kier alpha value is -1.24. The Labute approximate surface area is 143 Å². The lowest BCUT2D eigenvalue weighted by Crippen LogP contribution is -2.38. The third-order valence-electron chi connectivity index (χ3n) is 3.45. The molecule has 0 aliphatic heterocycles. The molecule has 0 bridgehead atoms. The van der Waals surface area contributed by atoms with Gasteiger partial charge in [0.15, 0.2) is 5.96 Å². The predicted octanol–water partition coefficient (Wildman–Crippen LogP) is 3.21. The van der Waals surface area contributed by atoms with E-state index in [9.17, 15) is 0 Å². The smallest absolute Gasteiger partial charge is 0.190 e. The third-order valence-corrected chi connectivity index (χ3v) is 3.45. The van der Waals surface area contributed by atoms with Crippen LogP contribution in [0.2, 0.25) is 0 Å². The minimum absolute atomic E-state index is 0. The van der Waals surface area contributed by atoms with E-state index in [4.69, 9.17) is 0 Å². The number of aryl methyl sites for hydroxylation is 1. The number of aromatic nitrogens is 1. The van der Waals surface area contributed by atoms with Crippen LogP contribution in [0.1, 0.15) is 24.5 Å². The zero-order chi connectivity index (χ0) is 14.4. The summed E-state index contributed by atoms with van der Waals surface area (Å²) in [6.45, 7) is 6.14. The van der Waals surface area contributed by atoms with Gasteiger partial charge in [-0.2, -0.15) is 0 Å². The minimum Gasteiger partial charge on any atom is -0.361 e. The molecule has 2 aromatic rings. The molecule has 0 amide bonds. The number of aromatic amines is 1. The lowest BCUT2D eigenvalue weighted by Gasteiger charge is -2.10. The highest BCUT2D eigenvalue weighted by molar-refractivity contribution is 14.0. The van der Waals surface area contributed by atoms with Crippen LogP contribution in [0, 0.1) is 6.92 Å². The molecule has 0 atom stereocenters. The number of aliphatic imine (C=N–C) groups is 1. The summed E-state index contributed by atoms with van der Waals surface area (Å²) in [6, 6.07) is 6.38. The molecule has 1 aromatic carbocycles. The van der Waals surface area contributed by atoms with Gasteiger partial charge in [0, 0.05) is 37.2 Å². The van der Waals surface area contributed by atoms with E-state index in [2.05, 4.69) is 58.9 Å². The van der Waals surface area contributed by atoms with E-state index in [0.29, 0.717) is 0 Å². The van der Waals surface area contributed by atoms with Gasteiger partial charge in [-0.05, 0) is 37.0 Å². The van der Waals surface area contributed by atoms with Crippen molar-refractivity contribution in [2.45, 2.75) is 26.7 Å². The molecule has 116 valence electrons. The summed E-state index contributed by atoms with van der Waals surface area (Å²) >= 11 is 0. The van der Waals surface area contributed by atoms with Crippen molar-refractivity contribution < 1.29 is 0 Å². The average molecular weight is 400 g/mol. The summed E-state index contributed by atoms with van der Waals surface area (Å²) in [4.78, 5) is 7.55. The van der Waals surface area contributed by atoms with E-state index in [0.717, 1.165) is 31.9 Å². The first kappa shape index (κ1) is 17.8. The van der Waals surface area contributed by atoms with E-state index in [1.807, 2.05) is 0 Å². The van der Waals surface area contributed by atoms with Crippen LogP contribution in [0.4, 0.5) is 0 Å². The van der Waals surface area contributed by atoms with Gasteiger partial charge in [0.05, 0.1) is 0 Å². The molecule has 4 nitrogen and oxygen atoms in total. The van der Waals surface area contributed by atoms with E-state index < -0.39 is 0 Å². The average Bonchev–Trinajstić information content (AvgIpc) is 2.87. The summed E-state index contributed by atoms with van der Waals surface area (Å²) in [6.07, 6.45) is 4.20. The highest BCUT2D eigenvalue weighted by Crippen LogP contribution is 2.22. The van der Waals surface area contributed by atoms with E-state index in [1.165, 1.54) is 22.0 Å². The Morgan fingerprint density at radius 3 is 2.71 bits per heavy atom. The van der Waals surface area contributed by atoms with Gasteiger partial charge in [-0.1, -0.05) is 19.1 Å². The third kappa shape index (κ3) is 4.62.